The average Bonchev–Trinajstić information content (AvgIpc) is 3.23. The van der Waals surface area contributed by atoms with Crippen LogP contribution in [0.1, 0.15) is 91.1 Å². The van der Waals surface area contributed by atoms with Crippen molar-refractivity contribution < 1.29 is 19.2 Å². The Bertz CT molecular complexity index is 1230. The SMILES string of the molecule is C#Cc1ccc2c(c1)C(=O)N(C1CCCC(N3C(=O)c4ccc(C#C)cc4C3=O)CCC1)C2=O. The van der Waals surface area contributed by atoms with Gasteiger partial charge in [-0.1, -0.05) is 11.8 Å². The van der Waals surface area contributed by atoms with Crippen molar-refractivity contribution in [3.05, 3.63) is 69.8 Å². The van der Waals surface area contributed by atoms with Gasteiger partial charge in [0.05, 0.1) is 22.3 Å². The molecule has 0 aromatic heterocycles. The van der Waals surface area contributed by atoms with E-state index in [1.807, 2.05) is 0 Å². The molecule has 168 valence electrons. The van der Waals surface area contributed by atoms with E-state index in [2.05, 4.69) is 11.8 Å². The third kappa shape index (κ3) is 3.31. The van der Waals surface area contributed by atoms with E-state index in [9.17, 15) is 19.2 Å². The molecular weight excluding hydrogens is 428 g/mol. The fourth-order valence-electron chi connectivity index (χ4n) is 5.35. The third-order valence-electron chi connectivity index (χ3n) is 7.05. The van der Waals surface area contributed by atoms with Gasteiger partial charge in [-0.15, -0.1) is 12.8 Å². The Labute approximate surface area is 197 Å². The van der Waals surface area contributed by atoms with Gasteiger partial charge in [0.2, 0.25) is 0 Å². The van der Waals surface area contributed by atoms with Gasteiger partial charge in [-0.25, -0.2) is 0 Å². The highest BCUT2D eigenvalue weighted by molar-refractivity contribution is 6.22. The largest absolute Gasteiger partial charge is 0.271 e. The van der Waals surface area contributed by atoms with Crippen LogP contribution >= 0.6 is 0 Å². The second-order valence-electron chi connectivity index (χ2n) is 8.94. The monoisotopic (exact) mass is 450 g/mol. The number of amides is 4. The molecule has 2 heterocycles. The van der Waals surface area contributed by atoms with Crippen LogP contribution in [0.2, 0.25) is 0 Å². The van der Waals surface area contributed by atoms with Crippen molar-refractivity contribution in [2.45, 2.75) is 50.6 Å². The maximum absolute atomic E-state index is 13.0. The Morgan fingerprint density at radius 1 is 0.588 bits per heavy atom. The number of hydrogen-bond donors (Lipinski definition) is 0. The first-order valence-corrected chi connectivity index (χ1v) is 11.4. The van der Waals surface area contributed by atoms with Gasteiger partial charge in [0, 0.05) is 23.2 Å². The number of carbonyl (C=O) groups is 4. The van der Waals surface area contributed by atoms with Crippen LogP contribution < -0.4 is 0 Å². The summed E-state index contributed by atoms with van der Waals surface area (Å²) in [5, 5.41) is 0. The van der Waals surface area contributed by atoms with E-state index in [-0.39, 0.29) is 35.7 Å². The van der Waals surface area contributed by atoms with E-state index in [1.165, 1.54) is 9.80 Å². The Kier molecular flexibility index (Phi) is 5.30. The van der Waals surface area contributed by atoms with Gasteiger partial charge in [-0.3, -0.25) is 29.0 Å². The maximum atomic E-state index is 13.0. The normalized spacial score (nSPS) is 22.1. The number of benzene rings is 2. The smallest absolute Gasteiger partial charge is 0.261 e. The Morgan fingerprint density at radius 3 is 1.29 bits per heavy atom. The van der Waals surface area contributed by atoms with Crippen LogP contribution in [0.15, 0.2) is 36.4 Å². The van der Waals surface area contributed by atoms with E-state index in [4.69, 9.17) is 12.8 Å². The van der Waals surface area contributed by atoms with Crippen molar-refractivity contribution in [2.24, 2.45) is 0 Å². The minimum atomic E-state index is -0.302. The predicted octanol–water partition coefficient (Wildman–Crippen LogP) is 3.63. The van der Waals surface area contributed by atoms with Gasteiger partial charge >= 0.3 is 0 Å². The highest BCUT2D eigenvalue weighted by Crippen LogP contribution is 2.34. The van der Waals surface area contributed by atoms with Crippen LogP contribution in [-0.4, -0.2) is 45.5 Å². The zero-order valence-corrected chi connectivity index (χ0v) is 18.5. The molecule has 0 spiro atoms. The molecule has 0 bridgehead atoms. The van der Waals surface area contributed by atoms with E-state index in [0.29, 0.717) is 71.9 Å². The summed E-state index contributed by atoms with van der Waals surface area (Å²) < 4.78 is 0. The van der Waals surface area contributed by atoms with Crippen LogP contribution in [0, 0.1) is 24.7 Å². The second-order valence-corrected chi connectivity index (χ2v) is 8.94. The summed E-state index contributed by atoms with van der Waals surface area (Å²) in [6.45, 7) is 0. The second kappa shape index (κ2) is 8.32. The first kappa shape index (κ1) is 21.7. The summed E-state index contributed by atoms with van der Waals surface area (Å²) >= 11 is 0. The summed E-state index contributed by atoms with van der Waals surface area (Å²) in [6.07, 6.45) is 14.7. The maximum Gasteiger partial charge on any atom is 0.261 e. The standard InChI is InChI=1S/C28H22N2O4/c1-3-17-11-13-21-23(15-17)27(33)29(25(21)31)19-7-5-9-20(10-6-8-19)30-26(32)22-14-12-18(4-2)16-24(22)28(30)34/h1-2,11-16,19-20H,5-10H2. The molecule has 0 N–H and O–H groups in total. The van der Waals surface area contributed by atoms with Gasteiger partial charge < -0.3 is 0 Å². The predicted molar refractivity (Wildman–Crippen MR) is 125 cm³/mol. The molecule has 2 aromatic rings. The lowest BCUT2D eigenvalue weighted by molar-refractivity contribution is 0.0521. The van der Waals surface area contributed by atoms with Crippen LogP contribution in [0.4, 0.5) is 0 Å². The molecule has 1 fully saturated rings. The number of imide groups is 2. The summed E-state index contributed by atoms with van der Waals surface area (Å²) in [5.41, 5.74) is 2.63. The zero-order chi connectivity index (χ0) is 24.0. The van der Waals surface area contributed by atoms with Crippen LogP contribution in [0.25, 0.3) is 0 Å². The minimum absolute atomic E-state index is 0.219. The Balaban J connectivity index is 1.29. The number of terminal acetylenes is 2. The van der Waals surface area contributed by atoms with Gasteiger partial charge in [0.1, 0.15) is 0 Å². The lowest BCUT2D eigenvalue weighted by Gasteiger charge is -2.32. The average molecular weight is 450 g/mol. The zero-order valence-electron chi connectivity index (χ0n) is 18.5. The van der Waals surface area contributed by atoms with Crippen molar-refractivity contribution in [1.82, 2.24) is 9.80 Å². The molecule has 5 rings (SSSR count). The number of fused-ring (bicyclic) bond motifs is 2. The van der Waals surface area contributed by atoms with Crippen molar-refractivity contribution in [3.63, 3.8) is 0 Å². The number of hydrogen-bond acceptors (Lipinski definition) is 4. The van der Waals surface area contributed by atoms with Crippen molar-refractivity contribution in [2.75, 3.05) is 0 Å². The molecule has 0 atom stereocenters. The van der Waals surface area contributed by atoms with Gasteiger partial charge in [0.15, 0.2) is 0 Å². The van der Waals surface area contributed by atoms with E-state index in [0.717, 1.165) is 0 Å². The molecule has 0 radical (unpaired) electrons. The molecule has 2 aromatic carbocycles. The van der Waals surface area contributed by atoms with E-state index in [1.54, 1.807) is 36.4 Å². The molecule has 6 nitrogen and oxygen atoms in total. The number of rotatable bonds is 2. The molecule has 1 saturated carbocycles. The first-order valence-electron chi connectivity index (χ1n) is 11.4. The third-order valence-corrected chi connectivity index (χ3v) is 7.05. The molecular formula is C28H22N2O4. The van der Waals surface area contributed by atoms with Crippen molar-refractivity contribution in [3.8, 4) is 24.7 Å². The summed E-state index contributed by atoms with van der Waals surface area (Å²) in [7, 11) is 0. The van der Waals surface area contributed by atoms with Gasteiger partial charge in [0.25, 0.3) is 23.6 Å². The van der Waals surface area contributed by atoms with Crippen molar-refractivity contribution in [1.29, 1.82) is 0 Å². The molecule has 2 aliphatic heterocycles. The Morgan fingerprint density at radius 2 is 0.941 bits per heavy atom. The fraction of sp³-hybridized carbons (Fsp3) is 0.286. The number of nitrogens with zero attached hydrogens (tertiary/aromatic N) is 2. The molecule has 34 heavy (non-hydrogen) atoms. The minimum Gasteiger partial charge on any atom is -0.271 e. The highest BCUT2D eigenvalue weighted by atomic mass is 16.2. The Hall–Kier alpha value is -4.16. The lowest BCUT2D eigenvalue weighted by Crippen LogP contribution is -2.43. The topological polar surface area (TPSA) is 74.8 Å². The quantitative estimate of drug-likeness (QED) is 0.517. The summed E-state index contributed by atoms with van der Waals surface area (Å²) in [6, 6.07) is 9.35. The van der Waals surface area contributed by atoms with Crippen LogP contribution in [-0.2, 0) is 0 Å². The number of carbonyl (C=O) groups excluding carboxylic acids is 4. The van der Waals surface area contributed by atoms with Gasteiger partial charge in [-0.05, 0) is 74.9 Å². The lowest BCUT2D eigenvalue weighted by atomic mass is 9.91. The molecule has 3 aliphatic rings. The van der Waals surface area contributed by atoms with Gasteiger partial charge in [-0.2, -0.15) is 0 Å². The molecule has 0 saturated heterocycles. The van der Waals surface area contributed by atoms with Crippen molar-refractivity contribution >= 4 is 23.6 Å². The summed E-state index contributed by atoms with van der Waals surface area (Å²) in [4.78, 5) is 54.8. The molecule has 4 amide bonds. The molecule has 6 heteroatoms. The molecule has 1 aliphatic carbocycles. The first-order chi connectivity index (χ1) is 16.4. The van der Waals surface area contributed by atoms with Crippen LogP contribution in [0.3, 0.4) is 0 Å². The van der Waals surface area contributed by atoms with E-state index >= 15 is 0 Å². The fourth-order valence-corrected chi connectivity index (χ4v) is 5.35. The summed E-state index contributed by atoms with van der Waals surface area (Å²) in [5.74, 6) is 3.84. The van der Waals surface area contributed by atoms with Crippen LogP contribution in [0.5, 0.6) is 0 Å². The highest BCUT2D eigenvalue weighted by Gasteiger charge is 2.42. The van der Waals surface area contributed by atoms with E-state index < -0.39 is 0 Å². The molecule has 0 unspecified atom stereocenters.